The van der Waals surface area contributed by atoms with Crippen LogP contribution in [0.1, 0.15) is 12.5 Å². The van der Waals surface area contributed by atoms with E-state index in [0.717, 1.165) is 16.0 Å². The Morgan fingerprint density at radius 1 is 0.920 bits per heavy atom. The van der Waals surface area contributed by atoms with Crippen molar-refractivity contribution in [2.24, 2.45) is 0 Å². The van der Waals surface area contributed by atoms with Crippen LogP contribution in [0, 0.1) is 0 Å². The first kappa shape index (κ1) is 16.6. The van der Waals surface area contributed by atoms with Crippen LogP contribution < -0.4 is 5.32 Å². The lowest BCUT2D eigenvalue weighted by Gasteiger charge is -2.26. The summed E-state index contributed by atoms with van der Waals surface area (Å²) in [5.41, 5.74) is 5.28. The molecule has 0 heterocycles. The number of fused-ring (bicyclic) bond motifs is 3. The summed E-state index contributed by atoms with van der Waals surface area (Å²) in [6.45, 7) is 2.16. The Kier molecular flexibility index (Phi) is 4.05. The summed E-state index contributed by atoms with van der Waals surface area (Å²) >= 11 is 6.38. The van der Waals surface area contributed by atoms with Gasteiger partial charge in [-0.25, -0.2) is 0 Å². The van der Waals surface area contributed by atoms with E-state index in [0.29, 0.717) is 6.54 Å². The zero-order valence-electron chi connectivity index (χ0n) is 14.0. The molecule has 4 heteroatoms. The van der Waals surface area contributed by atoms with E-state index in [-0.39, 0.29) is 13.2 Å². The molecule has 3 aromatic rings. The van der Waals surface area contributed by atoms with E-state index in [1.807, 2.05) is 12.1 Å². The summed E-state index contributed by atoms with van der Waals surface area (Å²) in [7, 11) is 0. The van der Waals surface area contributed by atoms with Gasteiger partial charge in [0.15, 0.2) is 0 Å². The largest absolute Gasteiger partial charge is 0.394 e. The molecule has 1 aliphatic rings. The summed E-state index contributed by atoms with van der Waals surface area (Å²) in [6.07, 6.45) is 0. The Morgan fingerprint density at radius 2 is 1.64 bits per heavy atom. The molecule has 25 heavy (non-hydrogen) atoms. The first-order chi connectivity index (χ1) is 12.1. The second-order valence-electron chi connectivity index (χ2n) is 6.93. The Morgan fingerprint density at radius 3 is 2.40 bits per heavy atom. The molecule has 0 fully saturated rings. The first-order valence-electron chi connectivity index (χ1n) is 8.38. The van der Waals surface area contributed by atoms with Crippen LogP contribution in [-0.4, -0.2) is 29.0 Å². The predicted octanol–water partition coefficient (Wildman–Crippen LogP) is 3.97. The molecule has 0 saturated carbocycles. The summed E-state index contributed by atoms with van der Waals surface area (Å²) < 4.78 is 0. The quantitative estimate of drug-likeness (QED) is 0.509. The molecule has 3 aromatic carbocycles. The molecule has 0 aliphatic heterocycles. The third-order valence-electron chi connectivity index (χ3n) is 5.07. The summed E-state index contributed by atoms with van der Waals surface area (Å²) in [4.78, 5) is 0. The normalized spacial score (nSPS) is 12.6. The van der Waals surface area contributed by atoms with Gasteiger partial charge in [0.05, 0.1) is 18.8 Å². The van der Waals surface area contributed by atoms with Gasteiger partial charge in [-0.1, -0.05) is 48.0 Å². The average Bonchev–Trinajstić information content (AvgIpc) is 2.97. The van der Waals surface area contributed by atoms with Gasteiger partial charge in [0, 0.05) is 17.0 Å². The average molecular weight is 354 g/mol. The van der Waals surface area contributed by atoms with E-state index in [1.165, 1.54) is 27.6 Å². The number of hydrogen-bond donors (Lipinski definition) is 3. The number of hydrogen-bond acceptors (Lipinski definition) is 3. The Bertz CT molecular complexity index is 964. The van der Waals surface area contributed by atoms with E-state index in [4.69, 9.17) is 11.6 Å². The fraction of sp³-hybridized carbons (Fsp3) is 0.238. The fourth-order valence-corrected chi connectivity index (χ4v) is 3.68. The smallest absolute Gasteiger partial charge is 0.0633 e. The van der Waals surface area contributed by atoms with Crippen molar-refractivity contribution in [2.75, 3.05) is 13.2 Å². The zero-order valence-corrected chi connectivity index (χ0v) is 14.8. The molecule has 0 radical (unpaired) electrons. The van der Waals surface area contributed by atoms with Gasteiger partial charge >= 0.3 is 0 Å². The predicted molar refractivity (Wildman–Crippen MR) is 103 cm³/mol. The van der Waals surface area contributed by atoms with Gasteiger partial charge in [0.2, 0.25) is 0 Å². The SMILES string of the molecule is CC(CO)(CO)NCc1ccc2c(c1)-c1cccc3c(Cl)ccc-2c13. The minimum atomic E-state index is -0.685. The van der Waals surface area contributed by atoms with E-state index in [2.05, 4.69) is 41.7 Å². The van der Waals surface area contributed by atoms with Gasteiger partial charge in [-0.15, -0.1) is 0 Å². The molecule has 4 rings (SSSR count). The first-order valence-corrected chi connectivity index (χ1v) is 8.76. The highest BCUT2D eigenvalue weighted by Gasteiger charge is 2.24. The van der Waals surface area contributed by atoms with Crippen LogP contribution in [0.4, 0.5) is 0 Å². The lowest BCUT2D eigenvalue weighted by atomic mass is 10.00. The van der Waals surface area contributed by atoms with Crippen molar-refractivity contribution in [2.45, 2.75) is 19.0 Å². The van der Waals surface area contributed by atoms with Crippen molar-refractivity contribution in [3.8, 4) is 22.3 Å². The third-order valence-corrected chi connectivity index (χ3v) is 5.40. The standard InChI is InChI=1S/C21H20ClNO2/c1-21(11-24,12-25)23-10-13-5-6-14-16-7-8-19(22)17-4-2-3-15(20(16)17)18(14)9-13/h2-9,23-25H,10-12H2,1H3. The zero-order chi connectivity index (χ0) is 17.6. The highest BCUT2D eigenvalue weighted by molar-refractivity contribution is 6.37. The van der Waals surface area contributed by atoms with Crippen LogP contribution in [-0.2, 0) is 6.54 Å². The molecule has 128 valence electrons. The fourth-order valence-electron chi connectivity index (χ4n) is 3.46. The van der Waals surface area contributed by atoms with Crippen LogP contribution >= 0.6 is 11.6 Å². The Hall–Kier alpha value is -1.91. The van der Waals surface area contributed by atoms with Crippen molar-refractivity contribution < 1.29 is 10.2 Å². The minimum Gasteiger partial charge on any atom is -0.394 e. The number of aliphatic hydroxyl groups is 2. The van der Waals surface area contributed by atoms with Gasteiger partial charge in [0.1, 0.15) is 0 Å². The Labute approximate surface area is 151 Å². The summed E-state index contributed by atoms with van der Waals surface area (Å²) in [5.74, 6) is 0. The number of benzene rings is 3. The molecule has 1 aliphatic carbocycles. The van der Waals surface area contributed by atoms with Crippen LogP contribution in [0.3, 0.4) is 0 Å². The lowest BCUT2D eigenvalue weighted by Crippen LogP contribution is -2.48. The van der Waals surface area contributed by atoms with E-state index >= 15 is 0 Å². The number of halogens is 1. The van der Waals surface area contributed by atoms with Crippen molar-refractivity contribution in [1.82, 2.24) is 5.32 Å². The van der Waals surface area contributed by atoms with Crippen molar-refractivity contribution in [3.05, 3.63) is 59.1 Å². The van der Waals surface area contributed by atoms with Crippen LogP contribution in [0.5, 0.6) is 0 Å². The second kappa shape index (κ2) is 6.11. The maximum atomic E-state index is 9.43. The van der Waals surface area contributed by atoms with Crippen molar-refractivity contribution in [3.63, 3.8) is 0 Å². The highest BCUT2D eigenvalue weighted by Crippen LogP contribution is 2.48. The number of nitrogens with one attached hydrogen (secondary N) is 1. The van der Waals surface area contributed by atoms with Crippen LogP contribution in [0.2, 0.25) is 5.02 Å². The van der Waals surface area contributed by atoms with E-state index < -0.39 is 5.54 Å². The van der Waals surface area contributed by atoms with Crippen LogP contribution in [0.15, 0.2) is 48.5 Å². The number of aliphatic hydroxyl groups excluding tert-OH is 2. The monoisotopic (exact) mass is 353 g/mol. The molecule has 0 saturated heterocycles. The minimum absolute atomic E-state index is 0.113. The van der Waals surface area contributed by atoms with E-state index in [9.17, 15) is 10.2 Å². The molecule has 0 bridgehead atoms. The van der Waals surface area contributed by atoms with E-state index in [1.54, 1.807) is 6.92 Å². The summed E-state index contributed by atoms with van der Waals surface area (Å²) in [5, 5.41) is 25.2. The Balaban J connectivity index is 1.75. The van der Waals surface area contributed by atoms with Gasteiger partial charge in [-0.2, -0.15) is 0 Å². The molecular formula is C21H20ClNO2. The van der Waals surface area contributed by atoms with Crippen LogP contribution in [0.25, 0.3) is 33.0 Å². The molecule has 0 amide bonds. The van der Waals surface area contributed by atoms with Gasteiger partial charge < -0.3 is 15.5 Å². The molecule has 0 atom stereocenters. The topological polar surface area (TPSA) is 52.5 Å². The van der Waals surface area contributed by atoms with Crippen molar-refractivity contribution >= 4 is 22.4 Å². The maximum Gasteiger partial charge on any atom is 0.0633 e. The lowest BCUT2D eigenvalue weighted by molar-refractivity contribution is 0.103. The maximum absolute atomic E-state index is 9.43. The summed E-state index contributed by atoms with van der Waals surface area (Å²) in [6, 6.07) is 16.7. The molecule has 0 unspecified atom stereocenters. The molecule has 3 nitrogen and oxygen atoms in total. The molecule has 0 spiro atoms. The number of rotatable bonds is 5. The van der Waals surface area contributed by atoms with Gasteiger partial charge in [-0.05, 0) is 52.3 Å². The van der Waals surface area contributed by atoms with Gasteiger partial charge in [0.25, 0.3) is 0 Å². The molecule has 0 aromatic heterocycles. The second-order valence-corrected chi connectivity index (χ2v) is 7.34. The molecular weight excluding hydrogens is 334 g/mol. The third kappa shape index (κ3) is 2.64. The van der Waals surface area contributed by atoms with Gasteiger partial charge in [-0.3, -0.25) is 0 Å². The highest BCUT2D eigenvalue weighted by atomic mass is 35.5. The molecule has 3 N–H and O–H groups in total. The van der Waals surface area contributed by atoms with Crippen molar-refractivity contribution in [1.29, 1.82) is 0 Å².